The molecular weight excluding hydrogens is 380 g/mol. The normalized spacial score (nSPS) is 22.9. The van der Waals surface area contributed by atoms with Crippen molar-refractivity contribution in [2.75, 3.05) is 25.1 Å². The van der Waals surface area contributed by atoms with Crippen molar-refractivity contribution in [1.82, 2.24) is 0 Å². The van der Waals surface area contributed by atoms with Crippen LogP contribution in [0.3, 0.4) is 0 Å². The van der Waals surface area contributed by atoms with E-state index in [1.54, 1.807) is 7.11 Å². The second kappa shape index (κ2) is 6.46. The van der Waals surface area contributed by atoms with Crippen LogP contribution in [0.5, 0.6) is 5.75 Å². The zero-order chi connectivity index (χ0) is 17.4. The van der Waals surface area contributed by atoms with Gasteiger partial charge in [0.05, 0.1) is 13.7 Å². The minimum absolute atomic E-state index is 0.593. The predicted molar refractivity (Wildman–Crippen MR) is 102 cm³/mol. The molecule has 5 heteroatoms. The lowest BCUT2D eigenvalue weighted by atomic mass is 10.0. The maximum Gasteiger partial charge on any atom is 0.275 e. The Kier molecular flexibility index (Phi) is 4.29. The first-order valence-corrected chi connectivity index (χ1v) is 9.44. The summed E-state index contributed by atoms with van der Waals surface area (Å²) in [5.74, 6) is 2.03. The van der Waals surface area contributed by atoms with Crippen LogP contribution >= 0.6 is 15.9 Å². The molecule has 2 aliphatic heterocycles. The van der Waals surface area contributed by atoms with Gasteiger partial charge in [0.15, 0.2) is 6.54 Å². The van der Waals surface area contributed by atoms with Gasteiger partial charge in [-0.05, 0) is 49.2 Å². The molecule has 0 aliphatic carbocycles. The molecule has 0 saturated heterocycles. The molecule has 4 nitrogen and oxygen atoms in total. The third kappa shape index (κ3) is 2.85. The molecule has 4 rings (SSSR count). The molecule has 1 atom stereocenters. The standard InChI is InChI=1S/C20H22BrN2O2/c1-25-18-11-9-17(10-12-18)23-19-4-2-3-13-22(19)14-20(23,24)15-5-7-16(21)8-6-15/h5-12,24H,2-4,13-14H2,1H3/q+1. The van der Waals surface area contributed by atoms with Crippen LogP contribution in [0, 0.1) is 0 Å². The molecule has 1 unspecified atom stereocenters. The molecule has 25 heavy (non-hydrogen) atoms. The second-order valence-corrected chi connectivity index (χ2v) is 7.57. The Morgan fingerprint density at radius 3 is 2.48 bits per heavy atom. The van der Waals surface area contributed by atoms with Crippen molar-refractivity contribution in [2.45, 2.75) is 25.0 Å². The number of rotatable bonds is 3. The zero-order valence-electron chi connectivity index (χ0n) is 14.3. The van der Waals surface area contributed by atoms with Gasteiger partial charge < -0.3 is 9.84 Å². The summed E-state index contributed by atoms with van der Waals surface area (Å²) in [6.07, 6.45) is 3.33. The smallest absolute Gasteiger partial charge is 0.275 e. The molecule has 0 aromatic heterocycles. The van der Waals surface area contributed by atoms with Gasteiger partial charge in [0.1, 0.15) is 11.4 Å². The highest BCUT2D eigenvalue weighted by molar-refractivity contribution is 9.10. The van der Waals surface area contributed by atoms with Crippen LogP contribution in [0.25, 0.3) is 0 Å². The summed E-state index contributed by atoms with van der Waals surface area (Å²) in [4.78, 5) is 2.11. The van der Waals surface area contributed by atoms with Gasteiger partial charge in [0, 0.05) is 16.5 Å². The first-order valence-electron chi connectivity index (χ1n) is 8.65. The van der Waals surface area contributed by atoms with E-state index in [0.717, 1.165) is 40.9 Å². The van der Waals surface area contributed by atoms with Crippen molar-refractivity contribution in [2.24, 2.45) is 0 Å². The monoisotopic (exact) mass is 401 g/mol. The van der Waals surface area contributed by atoms with Crippen molar-refractivity contribution in [3.63, 3.8) is 0 Å². The molecule has 0 amide bonds. The van der Waals surface area contributed by atoms with Gasteiger partial charge in [-0.25, -0.2) is 0 Å². The molecule has 2 aromatic carbocycles. The average molecular weight is 402 g/mol. The van der Waals surface area contributed by atoms with Crippen LogP contribution in [-0.4, -0.2) is 35.7 Å². The van der Waals surface area contributed by atoms with E-state index in [2.05, 4.69) is 25.4 Å². The Bertz CT molecular complexity index is 801. The number of hydrogen-bond acceptors (Lipinski definition) is 3. The second-order valence-electron chi connectivity index (χ2n) is 6.65. The number of nitrogens with zero attached hydrogens (tertiary/aromatic N) is 2. The lowest BCUT2D eigenvalue weighted by Crippen LogP contribution is -2.47. The fourth-order valence-corrected chi connectivity index (χ4v) is 4.14. The average Bonchev–Trinajstić information content (AvgIpc) is 2.95. The first-order chi connectivity index (χ1) is 12.1. The molecule has 0 bridgehead atoms. The van der Waals surface area contributed by atoms with Gasteiger partial charge in [-0.2, -0.15) is 4.90 Å². The lowest BCUT2D eigenvalue weighted by molar-refractivity contribution is -0.538. The fourth-order valence-electron chi connectivity index (χ4n) is 3.88. The number of amidine groups is 1. The van der Waals surface area contributed by atoms with E-state index in [0.29, 0.717) is 6.54 Å². The van der Waals surface area contributed by atoms with E-state index in [9.17, 15) is 5.11 Å². The van der Waals surface area contributed by atoms with Crippen LogP contribution in [0.2, 0.25) is 0 Å². The van der Waals surface area contributed by atoms with E-state index >= 15 is 0 Å². The maximum atomic E-state index is 11.7. The highest BCUT2D eigenvalue weighted by Crippen LogP contribution is 2.38. The van der Waals surface area contributed by atoms with Crippen molar-refractivity contribution in [3.05, 3.63) is 58.6 Å². The molecule has 0 radical (unpaired) electrons. The Morgan fingerprint density at radius 2 is 1.80 bits per heavy atom. The fraction of sp³-hybridized carbons (Fsp3) is 0.350. The topological polar surface area (TPSA) is 35.7 Å². The third-order valence-electron chi connectivity index (χ3n) is 5.12. The Morgan fingerprint density at radius 1 is 1.08 bits per heavy atom. The number of ether oxygens (including phenoxy) is 1. The number of methoxy groups -OCH3 is 1. The summed E-state index contributed by atoms with van der Waals surface area (Å²) in [5, 5.41) is 11.7. The highest BCUT2D eigenvalue weighted by atomic mass is 79.9. The van der Waals surface area contributed by atoms with Gasteiger partial charge in [-0.15, -0.1) is 0 Å². The van der Waals surface area contributed by atoms with E-state index in [1.807, 2.05) is 48.5 Å². The van der Waals surface area contributed by atoms with Crippen molar-refractivity contribution in [1.29, 1.82) is 0 Å². The highest BCUT2D eigenvalue weighted by Gasteiger charge is 2.54. The molecule has 2 aromatic rings. The van der Waals surface area contributed by atoms with E-state index in [1.165, 1.54) is 12.3 Å². The Hall–Kier alpha value is -1.85. The van der Waals surface area contributed by atoms with Crippen molar-refractivity contribution in [3.8, 4) is 5.75 Å². The van der Waals surface area contributed by atoms with Crippen LogP contribution in [0.1, 0.15) is 24.8 Å². The number of hydrogen-bond donors (Lipinski definition) is 1. The zero-order valence-corrected chi connectivity index (χ0v) is 15.9. The predicted octanol–water partition coefficient (Wildman–Crippen LogP) is 3.72. The number of aliphatic hydroxyl groups is 1. The summed E-state index contributed by atoms with van der Waals surface area (Å²) >= 11 is 3.48. The summed E-state index contributed by atoms with van der Waals surface area (Å²) in [7, 11) is 1.67. The molecular formula is C20H22BrN2O2+. The van der Waals surface area contributed by atoms with Gasteiger partial charge in [-0.3, -0.25) is 4.58 Å². The van der Waals surface area contributed by atoms with Gasteiger partial charge in [-0.1, -0.05) is 28.1 Å². The Balaban J connectivity index is 1.81. The van der Waals surface area contributed by atoms with Crippen LogP contribution in [-0.2, 0) is 5.72 Å². The van der Waals surface area contributed by atoms with Gasteiger partial charge in [0.25, 0.3) is 11.6 Å². The molecule has 2 aliphatic rings. The van der Waals surface area contributed by atoms with Crippen LogP contribution in [0.15, 0.2) is 53.0 Å². The molecule has 2 heterocycles. The molecule has 130 valence electrons. The summed E-state index contributed by atoms with van der Waals surface area (Å²) in [5.41, 5.74) is 0.841. The molecule has 0 saturated carbocycles. The van der Waals surface area contributed by atoms with Gasteiger partial charge >= 0.3 is 0 Å². The van der Waals surface area contributed by atoms with E-state index in [4.69, 9.17) is 4.74 Å². The third-order valence-corrected chi connectivity index (χ3v) is 5.65. The summed E-state index contributed by atoms with van der Waals surface area (Å²) in [6.45, 7) is 1.59. The number of halogens is 1. The largest absolute Gasteiger partial charge is 0.497 e. The van der Waals surface area contributed by atoms with Crippen molar-refractivity contribution < 1.29 is 14.4 Å². The van der Waals surface area contributed by atoms with Crippen LogP contribution in [0.4, 0.5) is 5.69 Å². The summed E-state index contributed by atoms with van der Waals surface area (Å²) in [6, 6.07) is 15.9. The van der Waals surface area contributed by atoms with Crippen LogP contribution < -0.4 is 9.64 Å². The molecule has 0 fully saturated rings. The minimum Gasteiger partial charge on any atom is -0.497 e. The maximum absolute atomic E-state index is 11.7. The van der Waals surface area contributed by atoms with E-state index in [-0.39, 0.29) is 0 Å². The molecule has 0 spiro atoms. The lowest BCUT2D eigenvalue weighted by Gasteiger charge is -2.29. The minimum atomic E-state index is -1.06. The molecule has 1 N–H and O–H groups in total. The SMILES string of the molecule is COc1ccc(N2C3=[N+](CCCC3)CC2(O)c2ccc(Br)cc2)cc1. The number of anilines is 1. The summed E-state index contributed by atoms with van der Waals surface area (Å²) < 4.78 is 8.63. The van der Waals surface area contributed by atoms with Gasteiger partial charge in [0.2, 0.25) is 0 Å². The quantitative estimate of drug-likeness (QED) is 0.796. The first kappa shape index (κ1) is 16.6. The number of benzene rings is 2. The van der Waals surface area contributed by atoms with Crippen molar-refractivity contribution >= 4 is 27.5 Å². The van der Waals surface area contributed by atoms with E-state index < -0.39 is 5.72 Å². The Labute approximate surface area is 156 Å².